The molecule has 0 spiro atoms. The second-order valence-electron chi connectivity index (χ2n) is 13.8. The lowest BCUT2D eigenvalue weighted by atomic mass is 9.40. The Morgan fingerprint density at radius 1 is 1.10 bits per heavy atom. The average Bonchev–Trinajstić information content (AvgIpc) is 3.23. The third-order valence-corrected chi connectivity index (χ3v) is 12.5. The van der Waals surface area contributed by atoms with Crippen LogP contribution in [-0.2, 0) is 0 Å². The predicted octanol–water partition coefficient (Wildman–Crippen LogP) is 5.86. The van der Waals surface area contributed by atoms with E-state index in [1.807, 2.05) is 6.08 Å². The molecule has 11 atom stereocenters. The summed E-state index contributed by atoms with van der Waals surface area (Å²) in [6.45, 7) is 9.36. The molecule has 4 unspecified atom stereocenters. The summed E-state index contributed by atoms with van der Waals surface area (Å²) in [4.78, 5) is 18.8. The molecule has 39 heavy (non-hydrogen) atoms. The molecule has 0 aliphatic heterocycles. The summed E-state index contributed by atoms with van der Waals surface area (Å²) in [5.74, 6) is 0.684. The Bertz CT molecular complexity index is 1110. The number of hydrogen-bond donors (Lipinski definition) is 4. The Hall–Kier alpha value is -2.12. The normalized spacial score (nSPS) is 44.3. The van der Waals surface area contributed by atoms with Crippen LogP contribution in [0.5, 0.6) is 0 Å². The van der Waals surface area contributed by atoms with E-state index in [-0.39, 0.29) is 52.0 Å². The second kappa shape index (κ2) is 10.4. The maximum atomic E-state index is 12.0. The molecule has 214 valence electrons. The highest BCUT2D eigenvalue weighted by Gasteiger charge is 2.68. The van der Waals surface area contributed by atoms with E-state index in [1.165, 1.54) is 12.4 Å². The van der Waals surface area contributed by atoms with Crippen LogP contribution in [0.4, 0.5) is 0 Å². The zero-order chi connectivity index (χ0) is 28.2. The summed E-state index contributed by atoms with van der Waals surface area (Å²) in [7, 11) is 0. The molecule has 1 aromatic rings. The van der Waals surface area contributed by atoms with Gasteiger partial charge < -0.3 is 20.7 Å². The Labute approximate surface area is 233 Å². The lowest BCUT2D eigenvalue weighted by molar-refractivity contribution is -0.206. The standard InChI is InChI=1S/C32H47N3O4/c1-5-22-25-15-21(36)9-12-30(25,3)23-10-13-31(4)24(26(23)27(22)37)11-14-32(31,18-33)19(2)7-6-8-20-16-34-28(29(38)39)35-17-20/h6,8,16-19,21-27,33,36-37H,5,7,9-15H2,1-4H3,(H,38,39)/b8-6+,33-18?/t19-,21-,22-,23?,24?,25+,26?,27-,30-,31+,32?/m1/s1. The summed E-state index contributed by atoms with van der Waals surface area (Å²) in [6.07, 6.45) is 17.1. The molecule has 4 N–H and O–H groups in total. The lowest BCUT2D eigenvalue weighted by Gasteiger charge is -2.65. The minimum absolute atomic E-state index is 0.0356. The molecule has 7 heteroatoms. The fourth-order valence-corrected chi connectivity index (χ4v) is 10.4. The highest BCUT2D eigenvalue weighted by atomic mass is 16.4. The van der Waals surface area contributed by atoms with Gasteiger partial charge in [0.15, 0.2) is 0 Å². The summed E-state index contributed by atoms with van der Waals surface area (Å²) in [5.41, 5.74) is 0.682. The number of allylic oxidation sites excluding steroid dienone is 1. The van der Waals surface area contributed by atoms with Gasteiger partial charge in [0.2, 0.25) is 5.82 Å². The number of nitrogens with one attached hydrogen (secondary N) is 1. The number of carboxylic acid groups (broad SMARTS) is 1. The maximum absolute atomic E-state index is 12.0. The van der Waals surface area contributed by atoms with Crippen LogP contribution < -0.4 is 0 Å². The van der Waals surface area contributed by atoms with Crippen molar-refractivity contribution in [3.63, 3.8) is 0 Å². The molecule has 1 heterocycles. The van der Waals surface area contributed by atoms with Crippen molar-refractivity contribution in [2.75, 3.05) is 0 Å². The highest BCUT2D eigenvalue weighted by Crippen LogP contribution is 2.72. The highest BCUT2D eigenvalue weighted by molar-refractivity contribution is 5.83. The molecule has 0 bridgehead atoms. The fourth-order valence-electron chi connectivity index (χ4n) is 10.4. The van der Waals surface area contributed by atoms with Gasteiger partial charge in [-0.25, -0.2) is 14.8 Å². The number of aromatic carboxylic acids is 1. The molecule has 5 rings (SSSR count). The second-order valence-corrected chi connectivity index (χ2v) is 13.8. The first-order valence-electron chi connectivity index (χ1n) is 15.1. The molecule has 4 fully saturated rings. The van der Waals surface area contributed by atoms with E-state index in [0.717, 1.165) is 63.4 Å². The molecule has 4 aliphatic carbocycles. The van der Waals surface area contributed by atoms with Crippen LogP contribution in [0.3, 0.4) is 0 Å². The maximum Gasteiger partial charge on any atom is 0.373 e. The third-order valence-electron chi connectivity index (χ3n) is 12.5. The number of carbonyl (C=O) groups is 1. The lowest BCUT2D eigenvalue weighted by Crippen LogP contribution is -2.63. The minimum atomic E-state index is -1.13. The van der Waals surface area contributed by atoms with Crippen LogP contribution >= 0.6 is 0 Å². The quantitative estimate of drug-likeness (QED) is 0.323. The number of nitrogens with zero attached hydrogens (tertiary/aromatic N) is 2. The Morgan fingerprint density at radius 3 is 2.44 bits per heavy atom. The molecule has 1 aromatic heterocycles. The van der Waals surface area contributed by atoms with Gasteiger partial charge in [-0.2, -0.15) is 0 Å². The number of aliphatic hydroxyl groups excluding tert-OH is 2. The molecule has 0 radical (unpaired) electrons. The predicted molar refractivity (Wildman–Crippen MR) is 151 cm³/mol. The van der Waals surface area contributed by atoms with Crippen molar-refractivity contribution in [3.8, 4) is 0 Å². The molecule has 0 amide bonds. The summed E-state index contributed by atoms with van der Waals surface area (Å²) in [5, 5.41) is 40.3. The Morgan fingerprint density at radius 2 is 1.79 bits per heavy atom. The van der Waals surface area contributed by atoms with Crippen molar-refractivity contribution in [2.45, 2.75) is 97.7 Å². The number of rotatable bonds is 7. The van der Waals surface area contributed by atoms with Crippen molar-refractivity contribution in [2.24, 2.45) is 51.8 Å². The number of aromatic nitrogens is 2. The van der Waals surface area contributed by atoms with E-state index in [2.05, 4.69) is 43.7 Å². The largest absolute Gasteiger partial charge is 0.475 e. The van der Waals surface area contributed by atoms with Gasteiger partial charge >= 0.3 is 5.97 Å². The smallest absolute Gasteiger partial charge is 0.373 e. The van der Waals surface area contributed by atoms with Crippen molar-refractivity contribution in [1.29, 1.82) is 5.41 Å². The van der Waals surface area contributed by atoms with Crippen LogP contribution in [0.2, 0.25) is 0 Å². The van der Waals surface area contributed by atoms with Gasteiger partial charge in [-0.05, 0) is 97.7 Å². The van der Waals surface area contributed by atoms with E-state index in [9.17, 15) is 15.0 Å². The van der Waals surface area contributed by atoms with Crippen molar-refractivity contribution in [3.05, 3.63) is 29.9 Å². The van der Waals surface area contributed by atoms with Gasteiger partial charge in [0.25, 0.3) is 0 Å². The molecule has 0 saturated heterocycles. The summed E-state index contributed by atoms with van der Waals surface area (Å²) < 4.78 is 0. The molecule has 0 aromatic carbocycles. The molecular weight excluding hydrogens is 490 g/mol. The Kier molecular flexibility index (Phi) is 7.55. The van der Waals surface area contributed by atoms with Crippen molar-refractivity contribution in [1.82, 2.24) is 9.97 Å². The van der Waals surface area contributed by atoms with Gasteiger partial charge in [-0.3, -0.25) is 0 Å². The van der Waals surface area contributed by atoms with E-state index in [1.54, 1.807) is 6.21 Å². The van der Waals surface area contributed by atoms with Crippen molar-refractivity contribution < 1.29 is 20.1 Å². The minimum Gasteiger partial charge on any atom is -0.475 e. The average molecular weight is 538 g/mol. The van der Waals surface area contributed by atoms with E-state index >= 15 is 0 Å². The van der Waals surface area contributed by atoms with Crippen LogP contribution in [0.1, 0.15) is 102 Å². The van der Waals surface area contributed by atoms with E-state index in [4.69, 9.17) is 10.5 Å². The fraction of sp³-hybridized carbons (Fsp3) is 0.750. The Balaban J connectivity index is 1.39. The molecule has 7 nitrogen and oxygen atoms in total. The van der Waals surface area contributed by atoms with Gasteiger partial charge in [0.05, 0.1) is 12.2 Å². The first-order chi connectivity index (χ1) is 18.5. The number of carboxylic acids is 1. The van der Waals surface area contributed by atoms with Gasteiger partial charge in [-0.15, -0.1) is 0 Å². The van der Waals surface area contributed by atoms with Crippen LogP contribution in [0.15, 0.2) is 18.5 Å². The van der Waals surface area contributed by atoms with Crippen LogP contribution in [-0.4, -0.2) is 49.7 Å². The summed E-state index contributed by atoms with van der Waals surface area (Å²) >= 11 is 0. The van der Waals surface area contributed by atoms with Crippen molar-refractivity contribution >= 4 is 18.3 Å². The first-order valence-corrected chi connectivity index (χ1v) is 15.1. The topological polar surface area (TPSA) is 127 Å². The van der Waals surface area contributed by atoms with E-state index in [0.29, 0.717) is 17.8 Å². The van der Waals surface area contributed by atoms with Gasteiger partial charge in [0, 0.05) is 29.6 Å². The molecular formula is C32H47N3O4. The molecule has 4 aliphatic rings. The van der Waals surface area contributed by atoms with Gasteiger partial charge in [0.1, 0.15) is 0 Å². The zero-order valence-electron chi connectivity index (χ0n) is 24.0. The SMILES string of the molecule is CC[C@H]1[C@@H](O)C2C3CCC(C=N)([C@H](C)C/C=C/c4cnc(C(=O)O)nc4)[C@@]3(C)CCC2[C@@]2(C)CC[C@@H](O)C[C@@H]12. The molecule has 4 saturated carbocycles. The van der Waals surface area contributed by atoms with Crippen LogP contribution in [0, 0.1) is 57.2 Å². The summed E-state index contributed by atoms with van der Waals surface area (Å²) in [6, 6.07) is 0. The van der Waals surface area contributed by atoms with Gasteiger partial charge in [-0.1, -0.05) is 46.3 Å². The van der Waals surface area contributed by atoms with E-state index < -0.39 is 5.97 Å². The first kappa shape index (κ1) is 28.4. The number of fused-ring (bicyclic) bond motifs is 5. The number of aliphatic hydroxyl groups is 2. The monoisotopic (exact) mass is 537 g/mol. The van der Waals surface area contributed by atoms with Crippen LogP contribution in [0.25, 0.3) is 6.08 Å². The third kappa shape index (κ3) is 4.30. The number of hydrogen-bond acceptors (Lipinski definition) is 6. The zero-order valence-corrected chi connectivity index (χ0v) is 24.0.